The van der Waals surface area contributed by atoms with E-state index in [9.17, 15) is 21.6 Å². The van der Waals surface area contributed by atoms with Gasteiger partial charge in [0, 0.05) is 21.7 Å². The molecule has 0 aliphatic heterocycles. The summed E-state index contributed by atoms with van der Waals surface area (Å²) in [5, 5.41) is 18.2. The van der Waals surface area contributed by atoms with Crippen molar-refractivity contribution in [2.45, 2.75) is 17.6 Å². The Morgan fingerprint density at radius 2 is 1.80 bits per heavy atom. The highest BCUT2D eigenvalue weighted by molar-refractivity contribution is 7.89. The Kier molecular flexibility index (Phi) is 5.84. The van der Waals surface area contributed by atoms with Crippen LogP contribution < -0.4 is 5.14 Å². The first-order chi connectivity index (χ1) is 13.9. The Labute approximate surface area is 179 Å². The predicted molar refractivity (Wildman–Crippen MR) is 105 cm³/mol. The Morgan fingerprint density at radius 3 is 2.37 bits per heavy atom. The van der Waals surface area contributed by atoms with Crippen molar-refractivity contribution in [2.75, 3.05) is 0 Å². The van der Waals surface area contributed by atoms with Gasteiger partial charge in [-0.3, -0.25) is 0 Å². The highest BCUT2D eigenvalue weighted by Gasteiger charge is 2.41. The van der Waals surface area contributed by atoms with Gasteiger partial charge in [0.05, 0.1) is 16.0 Å². The number of nitriles is 1. The zero-order valence-electron chi connectivity index (χ0n) is 14.8. The first-order valence-corrected chi connectivity index (χ1v) is 10.4. The van der Waals surface area contributed by atoms with E-state index in [-0.39, 0.29) is 26.9 Å². The Bertz CT molecular complexity index is 1280. The summed E-state index contributed by atoms with van der Waals surface area (Å²) in [6.45, 7) is -0.732. The lowest BCUT2D eigenvalue weighted by Gasteiger charge is -2.13. The maximum atomic E-state index is 14.0. The van der Waals surface area contributed by atoms with Crippen LogP contribution in [-0.2, 0) is 22.7 Å². The number of nitrogens with two attached hydrogens (primary N) is 1. The fourth-order valence-electron chi connectivity index (χ4n) is 2.98. The molecule has 0 aliphatic carbocycles. The van der Waals surface area contributed by atoms with Crippen LogP contribution in [0.3, 0.4) is 0 Å². The number of aromatic nitrogens is 2. The lowest BCUT2D eigenvalue weighted by Crippen LogP contribution is -2.15. The van der Waals surface area contributed by atoms with E-state index in [1.807, 2.05) is 0 Å². The molecule has 0 saturated carbocycles. The van der Waals surface area contributed by atoms with Gasteiger partial charge in [-0.05, 0) is 18.2 Å². The van der Waals surface area contributed by atoms with E-state index in [2.05, 4.69) is 5.10 Å². The molecule has 12 heteroatoms. The SMILES string of the molecule is N#CCn1nc(-c2ccccc2S(N)(=O)=O)c(-c2ccc(Cl)cc2Cl)c1C(F)(F)F. The Hall–Kier alpha value is -2.58. The maximum Gasteiger partial charge on any atom is 0.433 e. The summed E-state index contributed by atoms with van der Waals surface area (Å²) < 4.78 is 66.5. The largest absolute Gasteiger partial charge is 0.433 e. The zero-order chi connectivity index (χ0) is 22.3. The van der Waals surface area contributed by atoms with Gasteiger partial charge in [0.1, 0.15) is 12.2 Å². The normalized spacial score (nSPS) is 12.0. The quantitative estimate of drug-likeness (QED) is 0.590. The number of rotatable bonds is 4. The van der Waals surface area contributed by atoms with Crippen LogP contribution in [0.5, 0.6) is 0 Å². The number of hydrogen-bond donors (Lipinski definition) is 1. The van der Waals surface area contributed by atoms with E-state index in [1.165, 1.54) is 36.4 Å². The molecule has 0 aliphatic rings. The molecule has 0 spiro atoms. The van der Waals surface area contributed by atoms with Crippen molar-refractivity contribution >= 4 is 33.2 Å². The molecule has 6 nitrogen and oxygen atoms in total. The average Bonchev–Trinajstić information content (AvgIpc) is 3.00. The van der Waals surface area contributed by atoms with Gasteiger partial charge in [0.25, 0.3) is 0 Å². The summed E-state index contributed by atoms with van der Waals surface area (Å²) in [7, 11) is -4.30. The molecule has 2 N–H and O–H groups in total. The van der Waals surface area contributed by atoms with Gasteiger partial charge in [-0.1, -0.05) is 47.5 Å². The number of nitrogens with zero attached hydrogens (tertiary/aromatic N) is 3. The average molecular weight is 475 g/mol. The number of hydrogen-bond acceptors (Lipinski definition) is 4. The first-order valence-electron chi connectivity index (χ1n) is 8.07. The minimum Gasteiger partial charge on any atom is -0.245 e. The van der Waals surface area contributed by atoms with E-state index in [0.29, 0.717) is 4.68 Å². The van der Waals surface area contributed by atoms with E-state index in [4.69, 9.17) is 33.6 Å². The third-order valence-corrected chi connectivity index (χ3v) is 5.61. The molecule has 0 unspecified atom stereocenters. The standard InChI is InChI=1S/C18H11Cl2F3N4O2S/c19-10-5-6-11(13(20)9-10)15-16(12-3-1-2-4-14(12)30(25,28)29)26-27(8-7-24)17(15)18(21,22)23/h1-6,9H,8H2,(H2,25,28,29). The highest BCUT2D eigenvalue weighted by Crippen LogP contribution is 2.46. The third-order valence-electron chi connectivity index (χ3n) is 4.09. The second-order valence-corrected chi connectivity index (χ2v) is 8.42. The van der Waals surface area contributed by atoms with Crippen LogP contribution in [0.2, 0.25) is 10.0 Å². The van der Waals surface area contributed by atoms with Crippen molar-refractivity contribution < 1.29 is 21.6 Å². The van der Waals surface area contributed by atoms with Crippen LogP contribution in [0, 0.1) is 11.3 Å². The molecule has 30 heavy (non-hydrogen) atoms. The van der Waals surface area contributed by atoms with Gasteiger partial charge in [0.2, 0.25) is 10.0 Å². The molecule has 3 aromatic rings. The Balaban J connectivity index is 2.51. The number of alkyl halides is 3. The van der Waals surface area contributed by atoms with Crippen LogP contribution in [0.15, 0.2) is 47.4 Å². The number of primary sulfonamides is 1. The van der Waals surface area contributed by atoms with Crippen molar-refractivity contribution in [1.29, 1.82) is 5.26 Å². The topological polar surface area (TPSA) is 102 Å². The molecule has 0 radical (unpaired) electrons. The van der Waals surface area contributed by atoms with Crippen molar-refractivity contribution in [2.24, 2.45) is 5.14 Å². The van der Waals surface area contributed by atoms with Crippen LogP contribution in [0.1, 0.15) is 5.69 Å². The molecule has 2 aromatic carbocycles. The van der Waals surface area contributed by atoms with Gasteiger partial charge in [-0.15, -0.1) is 0 Å². The monoisotopic (exact) mass is 474 g/mol. The summed E-state index contributed by atoms with van der Waals surface area (Å²) in [5.74, 6) is 0. The molecular formula is C18H11Cl2F3N4O2S. The zero-order valence-corrected chi connectivity index (χ0v) is 17.1. The summed E-state index contributed by atoms with van der Waals surface area (Å²) in [5.41, 5.74) is -2.34. The second-order valence-electron chi connectivity index (χ2n) is 6.05. The summed E-state index contributed by atoms with van der Waals surface area (Å²) in [6.07, 6.45) is -4.93. The minimum atomic E-state index is -4.93. The molecule has 0 amide bonds. The molecule has 0 bridgehead atoms. The van der Waals surface area contributed by atoms with Crippen molar-refractivity contribution in [3.63, 3.8) is 0 Å². The highest BCUT2D eigenvalue weighted by atomic mass is 35.5. The fourth-order valence-corrected chi connectivity index (χ4v) is 4.22. The van der Waals surface area contributed by atoms with Crippen LogP contribution in [0.4, 0.5) is 13.2 Å². The number of sulfonamides is 1. The van der Waals surface area contributed by atoms with Crippen LogP contribution >= 0.6 is 23.2 Å². The van der Waals surface area contributed by atoms with Gasteiger partial charge in [-0.25, -0.2) is 18.2 Å². The molecule has 1 heterocycles. The minimum absolute atomic E-state index is 0.0863. The molecule has 1 aromatic heterocycles. The third kappa shape index (κ3) is 4.15. The van der Waals surface area contributed by atoms with Crippen molar-refractivity contribution in [1.82, 2.24) is 9.78 Å². The van der Waals surface area contributed by atoms with Crippen LogP contribution in [0.25, 0.3) is 22.4 Å². The van der Waals surface area contributed by atoms with Gasteiger partial charge < -0.3 is 0 Å². The second kappa shape index (κ2) is 7.92. The first kappa shape index (κ1) is 22.1. The molecule has 3 rings (SSSR count). The summed E-state index contributed by atoms with van der Waals surface area (Å²) >= 11 is 12.0. The molecule has 0 fully saturated rings. The molecule has 0 saturated heterocycles. The van der Waals surface area contributed by atoms with E-state index < -0.39 is 38.9 Å². The van der Waals surface area contributed by atoms with E-state index in [0.717, 1.165) is 6.07 Å². The van der Waals surface area contributed by atoms with E-state index >= 15 is 0 Å². The summed E-state index contributed by atoms with van der Waals surface area (Å²) in [4.78, 5) is -0.424. The molecular weight excluding hydrogens is 464 g/mol. The number of benzene rings is 2. The number of halogens is 5. The maximum absolute atomic E-state index is 14.0. The lowest BCUT2D eigenvalue weighted by molar-refractivity contribution is -0.143. The lowest BCUT2D eigenvalue weighted by atomic mass is 9.98. The molecule has 156 valence electrons. The predicted octanol–water partition coefficient (Wildman–Crippen LogP) is 4.71. The fraction of sp³-hybridized carbons (Fsp3) is 0.111. The van der Waals surface area contributed by atoms with Crippen molar-refractivity contribution in [3.05, 3.63) is 58.2 Å². The summed E-state index contributed by atoms with van der Waals surface area (Å²) in [6, 6.07) is 10.7. The van der Waals surface area contributed by atoms with E-state index in [1.54, 1.807) is 6.07 Å². The van der Waals surface area contributed by atoms with Crippen molar-refractivity contribution in [3.8, 4) is 28.5 Å². The van der Waals surface area contributed by atoms with Gasteiger partial charge >= 0.3 is 6.18 Å². The van der Waals surface area contributed by atoms with Gasteiger partial charge in [-0.2, -0.15) is 23.5 Å². The molecule has 0 atom stereocenters. The Morgan fingerprint density at radius 1 is 1.13 bits per heavy atom. The van der Waals surface area contributed by atoms with Gasteiger partial charge in [0.15, 0.2) is 5.69 Å². The smallest absolute Gasteiger partial charge is 0.245 e. The van der Waals surface area contributed by atoms with Crippen LogP contribution in [-0.4, -0.2) is 18.2 Å².